The summed E-state index contributed by atoms with van der Waals surface area (Å²) in [6.45, 7) is 7.48. The quantitative estimate of drug-likeness (QED) is 0.666. The molecule has 2 rings (SSSR count). The van der Waals surface area contributed by atoms with Gasteiger partial charge in [0.2, 0.25) is 6.23 Å². The highest BCUT2D eigenvalue weighted by atomic mass is 31.2. The zero-order valence-corrected chi connectivity index (χ0v) is 15.2. The topological polar surface area (TPSA) is 97.3 Å². The lowest BCUT2D eigenvalue weighted by Crippen LogP contribution is -2.51. The minimum absolute atomic E-state index is 0.354. The van der Waals surface area contributed by atoms with Crippen LogP contribution in [0, 0.1) is 0 Å². The molecule has 0 saturated carbocycles. The molecule has 1 fully saturated rings. The molecule has 0 aromatic heterocycles. The zero-order valence-electron chi connectivity index (χ0n) is 14.3. The van der Waals surface area contributed by atoms with Crippen LogP contribution in [0.15, 0.2) is 24.3 Å². The molecule has 0 radical (unpaired) electrons. The molecule has 2 N–H and O–H groups in total. The Morgan fingerprint density at radius 3 is 2.65 bits per heavy atom. The van der Waals surface area contributed by atoms with Crippen LogP contribution in [0.1, 0.15) is 27.2 Å². The molecule has 2 amide bonds. The van der Waals surface area contributed by atoms with Crippen LogP contribution in [0.5, 0.6) is 0 Å². The first kappa shape index (κ1) is 20.9. The summed E-state index contributed by atoms with van der Waals surface area (Å²) in [4.78, 5) is 21.8. The number of phosphoric ester groups is 1. The van der Waals surface area contributed by atoms with E-state index in [0.29, 0.717) is 11.1 Å². The molecular weight excluding hydrogens is 380 g/mol. The van der Waals surface area contributed by atoms with E-state index in [0.717, 1.165) is 0 Å². The minimum atomic E-state index is -4.48. The number of hydrogen-bond acceptors (Lipinski definition) is 5. The third kappa shape index (κ3) is 4.66. The first-order valence-electron chi connectivity index (χ1n) is 7.71. The van der Waals surface area contributed by atoms with Gasteiger partial charge in [-0.15, -0.1) is 0 Å². The van der Waals surface area contributed by atoms with E-state index in [1.807, 2.05) is 5.32 Å². The van der Waals surface area contributed by atoms with Gasteiger partial charge in [-0.2, -0.15) is 0 Å². The van der Waals surface area contributed by atoms with E-state index in [2.05, 4.69) is 6.58 Å². The van der Waals surface area contributed by atoms with Crippen molar-refractivity contribution in [1.82, 2.24) is 10.2 Å². The number of hydrogen-bond donors (Lipinski definition) is 2. The van der Waals surface area contributed by atoms with Crippen molar-refractivity contribution in [2.24, 2.45) is 0 Å². The fourth-order valence-electron chi connectivity index (χ4n) is 2.48. The van der Waals surface area contributed by atoms with E-state index in [9.17, 15) is 27.4 Å². The Bertz CT molecular complexity index is 671. The van der Waals surface area contributed by atoms with Gasteiger partial charge in [-0.05, 0) is 20.8 Å². The van der Waals surface area contributed by atoms with Gasteiger partial charge in [0.25, 0.3) is 5.92 Å². The Labute approximate surface area is 148 Å². The fraction of sp³-hybridized carbons (Fsp3) is 0.643. The van der Waals surface area contributed by atoms with Crippen LogP contribution in [0.2, 0.25) is 0 Å². The number of ether oxygens (including phenoxy) is 1. The first-order valence-corrected chi connectivity index (χ1v) is 9.21. The van der Waals surface area contributed by atoms with Crippen LogP contribution < -0.4 is 5.32 Å². The van der Waals surface area contributed by atoms with Crippen molar-refractivity contribution in [2.75, 3.05) is 0 Å². The van der Waals surface area contributed by atoms with Gasteiger partial charge in [-0.1, -0.05) is 6.58 Å². The number of nitrogens with one attached hydrogen (secondary N) is 1. The molecule has 0 spiro atoms. The Hall–Kier alpha value is -1.39. The minimum Gasteiger partial charge on any atom is -0.345 e. The van der Waals surface area contributed by atoms with Gasteiger partial charge in [-0.25, -0.2) is 22.5 Å². The van der Waals surface area contributed by atoms with Gasteiger partial charge in [-0.3, -0.25) is 13.9 Å². The number of allylic oxidation sites excluding steroid dienone is 1. The number of carbonyl (C=O) groups excluding carboxylic acids is 1. The van der Waals surface area contributed by atoms with Crippen LogP contribution >= 0.6 is 7.82 Å². The summed E-state index contributed by atoms with van der Waals surface area (Å²) < 4.78 is 68.7. The summed E-state index contributed by atoms with van der Waals surface area (Å²) in [6.07, 6.45) is -5.66. The molecule has 3 unspecified atom stereocenters. The molecule has 148 valence electrons. The Balaban J connectivity index is 2.13. The molecular formula is C14H20F3N2O6P. The second kappa shape index (κ2) is 7.32. The number of halogens is 3. The van der Waals surface area contributed by atoms with Crippen LogP contribution in [0.25, 0.3) is 0 Å². The zero-order chi connectivity index (χ0) is 19.9. The maximum absolute atomic E-state index is 14.3. The third-order valence-electron chi connectivity index (χ3n) is 3.59. The van der Waals surface area contributed by atoms with Gasteiger partial charge in [0, 0.05) is 12.6 Å². The Morgan fingerprint density at radius 1 is 1.46 bits per heavy atom. The number of carbonyl (C=O) groups is 1. The number of nitrogens with zero attached hydrogens (tertiary/aromatic N) is 1. The van der Waals surface area contributed by atoms with Gasteiger partial charge < -0.3 is 14.9 Å². The lowest BCUT2D eigenvalue weighted by atomic mass is 10.1. The Morgan fingerprint density at radius 2 is 2.08 bits per heavy atom. The van der Waals surface area contributed by atoms with Crippen molar-refractivity contribution in [3.05, 3.63) is 24.3 Å². The standard InChI is InChI=1S/C14H20F3N2O6P/c1-7(2)24-26(21,22)25-9(4)11-5-14(16,17)12(23-11)19-6-10(15)8(3)18-13(19)20/h6-7,9,11-12H,3,5H2,1-2,4H3,(H,18,20)(H,21,22)/t9-,11?,12?/m0/s1. The molecule has 0 aliphatic carbocycles. The third-order valence-corrected chi connectivity index (χ3v) is 4.88. The summed E-state index contributed by atoms with van der Waals surface area (Å²) in [7, 11) is -4.48. The molecule has 0 bridgehead atoms. The summed E-state index contributed by atoms with van der Waals surface area (Å²) in [5, 5.41) is 2.00. The van der Waals surface area contributed by atoms with Crippen molar-refractivity contribution >= 4 is 13.9 Å². The monoisotopic (exact) mass is 400 g/mol. The molecule has 2 aliphatic heterocycles. The van der Waals surface area contributed by atoms with Crippen LogP contribution in [-0.4, -0.2) is 46.3 Å². The molecule has 8 nitrogen and oxygen atoms in total. The van der Waals surface area contributed by atoms with Gasteiger partial charge in [0.1, 0.15) is 0 Å². The number of rotatable bonds is 6. The Kier molecular flexibility index (Phi) is 5.89. The van der Waals surface area contributed by atoms with E-state index in [4.69, 9.17) is 13.8 Å². The van der Waals surface area contributed by atoms with Crippen LogP contribution in [-0.2, 0) is 18.3 Å². The highest BCUT2D eigenvalue weighted by Gasteiger charge is 2.56. The molecule has 26 heavy (non-hydrogen) atoms. The second-order valence-electron chi connectivity index (χ2n) is 6.22. The van der Waals surface area contributed by atoms with Crippen molar-refractivity contribution in [3.8, 4) is 0 Å². The molecule has 1 saturated heterocycles. The van der Waals surface area contributed by atoms with Gasteiger partial charge in [0.15, 0.2) is 5.83 Å². The van der Waals surface area contributed by atoms with Crippen molar-refractivity contribution < 1.29 is 41.2 Å². The number of alkyl halides is 2. The summed E-state index contributed by atoms with van der Waals surface area (Å²) in [5.74, 6) is -4.55. The van der Waals surface area contributed by atoms with E-state index in [-0.39, 0.29) is 5.70 Å². The van der Waals surface area contributed by atoms with E-state index < -0.39 is 56.6 Å². The maximum atomic E-state index is 14.3. The predicted octanol–water partition coefficient (Wildman–Crippen LogP) is 3.02. The number of phosphoric acid groups is 1. The first-order chi connectivity index (χ1) is 11.8. The lowest BCUT2D eigenvalue weighted by Gasteiger charge is -2.32. The molecule has 0 aromatic rings. The number of urea groups is 1. The number of amides is 2. The maximum Gasteiger partial charge on any atom is 0.472 e. The highest BCUT2D eigenvalue weighted by Crippen LogP contribution is 2.48. The van der Waals surface area contributed by atoms with Gasteiger partial charge >= 0.3 is 13.9 Å². The smallest absolute Gasteiger partial charge is 0.345 e. The van der Waals surface area contributed by atoms with Crippen molar-refractivity contribution in [2.45, 2.75) is 57.7 Å². The fourth-order valence-corrected chi connectivity index (χ4v) is 3.62. The predicted molar refractivity (Wildman–Crippen MR) is 83.5 cm³/mol. The normalized spacial score (nSPS) is 29.4. The van der Waals surface area contributed by atoms with E-state index in [1.165, 1.54) is 20.8 Å². The van der Waals surface area contributed by atoms with Crippen molar-refractivity contribution in [1.29, 1.82) is 0 Å². The average molecular weight is 400 g/mol. The highest BCUT2D eigenvalue weighted by molar-refractivity contribution is 7.47. The largest absolute Gasteiger partial charge is 0.472 e. The SMILES string of the molecule is C=C1NC(=O)N(C2OC([C@H](C)OP(=O)(O)OC(C)C)CC2(F)F)C=C1F. The lowest BCUT2D eigenvalue weighted by molar-refractivity contribution is -0.132. The molecule has 2 aliphatic rings. The van der Waals surface area contributed by atoms with E-state index >= 15 is 0 Å². The average Bonchev–Trinajstić information content (AvgIpc) is 2.76. The van der Waals surface area contributed by atoms with Crippen LogP contribution in [0.4, 0.5) is 18.0 Å². The summed E-state index contributed by atoms with van der Waals surface area (Å²) in [5.41, 5.74) is -0.354. The molecule has 0 aromatic carbocycles. The summed E-state index contributed by atoms with van der Waals surface area (Å²) >= 11 is 0. The van der Waals surface area contributed by atoms with E-state index in [1.54, 1.807) is 0 Å². The van der Waals surface area contributed by atoms with Gasteiger partial charge in [0.05, 0.1) is 24.0 Å². The molecule has 12 heteroatoms. The van der Waals surface area contributed by atoms with Crippen LogP contribution in [0.3, 0.4) is 0 Å². The molecule has 4 atom stereocenters. The molecule has 2 heterocycles. The summed E-state index contributed by atoms with van der Waals surface area (Å²) in [6, 6.07) is -1.04. The van der Waals surface area contributed by atoms with Crippen molar-refractivity contribution in [3.63, 3.8) is 0 Å². The second-order valence-corrected chi connectivity index (χ2v) is 7.58.